The quantitative estimate of drug-likeness (QED) is 0.441. The van der Waals surface area contributed by atoms with Crippen LogP contribution in [0.3, 0.4) is 0 Å². The van der Waals surface area contributed by atoms with Gasteiger partial charge in [0.1, 0.15) is 17.3 Å². The van der Waals surface area contributed by atoms with Gasteiger partial charge in [0.05, 0.1) is 0 Å². The fourth-order valence-corrected chi connectivity index (χ4v) is 1.46. The zero-order chi connectivity index (χ0) is 20.2. The maximum atomic E-state index is 12.6. The average Bonchev–Trinajstić information content (AvgIpc) is 2.68. The molecule has 4 N–H and O–H groups in total. The van der Waals surface area contributed by atoms with Crippen LogP contribution in [0.4, 0.5) is 13.2 Å². The Morgan fingerprint density at radius 3 is 1.74 bits per heavy atom. The molecule has 0 unspecified atom stereocenters. The normalized spacial score (nSPS) is 9.52. The summed E-state index contributed by atoms with van der Waals surface area (Å²) in [5.41, 5.74) is 2.74. The molecule has 8 nitrogen and oxygen atoms in total. The molecule has 0 atom stereocenters. The maximum Gasteiger partial charge on any atom is 0.281 e. The lowest BCUT2D eigenvalue weighted by Crippen LogP contribution is -2.25. The molecule has 146 valence electrons. The van der Waals surface area contributed by atoms with Crippen LogP contribution in [0.15, 0.2) is 42.5 Å². The van der Waals surface area contributed by atoms with Crippen LogP contribution in [0.2, 0.25) is 0 Å². The Morgan fingerprint density at radius 1 is 0.778 bits per heavy atom. The fraction of sp³-hybridized carbons (Fsp3) is 0.125. The van der Waals surface area contributed by atoms with Crippen molar-refractivity contribution in [3.05, 3.63) is 59.9 Å². The molecule has 0 aliphatic carbocycles. The largest absolute Gasteiger partial charge is 0.484 e. The van der Waals surface area contributed by atoms with Gasteiger partial charge in [-0.25, -0.2) is 24.1 Å². The minimum absolute atomic E-state index is 0.00694. The minimum atomic E-state index is -1.06. The lowest BCUT2D eigenvalue weighted by molar-refractivity contribution is -0.131. The number of rotatable bonds is 6. The van der Waals surface area contributed by atoms with Crippen LogP contribution in [0.1, 0.15) is 0 Å². The number of hydrogen-bond acceptors (Lipinski definition) is 6. The van der Waals surface area contributed by atoms with Gasteiger partial charge in [0, 0.05) is 6.07 Å². The van der Waals surface area contributed by atoms with Crippen molar-refractivity contribution in [2.75, 3.05) is 13.2 Å². The van der Waals surface area contributed by atoms with E-state index in [4.69, 9.17) is 19.9 Å². The van der Waals surface area contributed by atoms with Gasteiger partial charge in [-0.05, 0) is 36.4 Å². The Kier molecular flexibility index (Phi) is 9.12. The highest BCUT2D eigenvalue weighted by molar-refractivity contribution is 5.76. The molecule has 27 heavy (non-hydrogen) atoms. The molecule has 2 amide bonds. The van der Waals surface area contributed by atoms with Gasteiger partial charge in [-0.1, -0.05) is 0 Å². The number of nitrogens with one attached hydrogen (secondary N) is 2. The molecule has 2 aromatic rings. The van der Waals surface area contributed by atoms with Gasteiger partial charge in [-0.3, -0.25) is 20.0 Å². The second-order valence-corrected chi connectivity index (χ2v) is 4.68. The predicted molar refractivity (Wildman–Crippen MR) is 83.6 cm³/mol. The number of benzene rings is 2. The molecule has 2 aromatic carbocycles. The predicted octanol–water partition coefficient (Wildman–Crippen LogP) is 1.56. The topological polar surface area (TPSA) is 117 Å². The molecule has 11 heteroatoms. The first-order chi connectivity index (χ1) is 12.8. The zero-order valence-corrected chi connectivity index (χ0v) is 13.6. The summed E-state index contributed by atoms with van der Waals surface area (Å²) in [7, 11) is 0. The standard InChI is InChI=1S/C8H7F2NO3.C8H8FNO3/c9-6-2-1-5(3-7(6)10)14-4-8(12)11-13;9-6-1-3-7(4-2-6)13-5-8(11)10-12/h1-3,13H,4H2,(H,11,12);1-4,12H,5H2,(H,10,11). The number of amides is 2. The van der Waals surface area contributed by atoms with Crippen molar-refractivity contribution in [3.63, 3.8) is 0 Å². The van der Waals surface area contributed by atoms with Crippen molar-refractivity contribution < 1.29 is 42.6 Å². The van der Waals surface area contributed by atoms with Gasteiger partial charge in [-0.15, -0.1) is 0 Å². The third kappa shape index (κ3) is 8.56. The van der Waals surface area contributed by atoms with Gasteiger partial charge in [0.2, 0.25) is 0 Å². The molecule has 0 saturated carbocycles. The molecule has 2 rings (SSSR count). The first-order valence-electron chi connectivity index (χ1n) is 7.17. The van der Waals surface area contributed by atoms with Gasteiger partial charge in [0.15, 0.2) is 24.8 Å². The smallest absolute Gasteiger partial charge is 0.281 e. The minimum Gasteiger partial charge on any atom is -0.484 e. The molecule has 0 heterocycles. The van der Waals surface area contributed by atoms with E-state index in [1.165, 1.54) is 41.3 Å². The van der Waals surface area contributed by atoms with Gasteiger partial charge in [-0.2, -0.15) is 0 Å². The van der Waals surface area contributed by atoms with E-state index in [0.29, 0.717) is 5.75 Å². The molecule has 0 spiro atoms. The first kappa shape index (κ1) is 21.7. The van der Waals surface area contributed by atoms with Gasteiger partial charge in [0.25, 0.3) is 11.8 Å². The highest BCUT2D eigenvalue weighted by atomic mass is 19.2. The van der Waals surface area contributed by atoms with Crippen LogP contribution in [0, 0.1) is 17.5 Å². The second kappa shape index (κ2) is 11.3. The van der Waals surface area contributed by atoms with E-state index < -0.39 is 30.1 Å². The molecule has 0 radical (unpaired) electrons. The number of carbonyl (C=O) groups excluding carboxylic acids is 2. The number of carbonyl (C=O) groups is 2. The summed E-state index contributed by atoms with van der Waals surface area (Å²) < 4.78 is 47.0. The molecule has 0 aromatic heterocycles. The van der Waals surface area contributed by atoms with E-state index in [0.717, 1.165) is 12.1 Å². The summed E-state index contributed by atoms with van der Waals surface area (Å²) in [5.74, 6) is -3.51. The summed E-state index contributed by atoms with van der Waals surface area (Å²) in [6, 6.07) is 8.06. The lowest BCUT2D eigenvalue weighted by Gasteiger charge is -2.04. The number of hydrogen-bond donors (Lipinski definition) is 4. The monoisotopic (exact) mass is 388 g/mol. The number of halogens is 3. The molecular weight excluding hydrogens is 373 g/mol. The van der Waals surface area contributed by atoms with Crippen molar-refractivity contribution in [3.8, 4) is 11.5 Å². The van der Waals surface area contributed by atoms with Crippen molar-refractivity contribution in [2.24, 2.45) is 0 Å². The lowest BCUT2D eigenvalue weighted by atomic mass is 10.3. The molecule has 0 bridgehead atoms. The second-order valence-electron chi connectivity index (χ2n) is 4.68. The molecule has 0 fully saturated rings. The van der Waals surface area contributed by atoms with E-state index in [1.54, 1.807) is 0 Å². The highest BCUT2D eigenvalue weighted by Gasteiger charge is 2.05. The fourth-order valence-electron chi connectivity index (χ4n) is 1.46. The van der Waals surface area contributed by atoms with Crippen LogP contribution in [0.25, 0.3) is 0 Å². The number of ether oxygens (including phenoxy) is 2. The Bertz CT molecular complexity index is 758. The third-order valence-corrected chi connectivity index (χ3v) is 2.69. The summed E-state index contributed by atoms with van der Waals surface area (Å²) in [4.78, 5) is 21.0. The van der Waals surface area contributed by atoms with Crippen LogP contribution in [-0.2, 0) is 9.59 Å². The van der Waals surface area contributed by atoms with Crippen LogP contribution in [0.5, 0.6) is 11.5 Å². The van der Waals surface area contributed by atoms with Crippen molar-refractivity contribution in [2.45, 2.75) is 0 Å². The summed E-state index contributed by atoms with van der Waals surface area (Å²) >= 11 is 0. The van der Waals surface area contributed by atoms with E-state index >= 15 is 0 Å². The van der Waals surface area contributed by atoms with Crippen LogP contribution in [-0.4, -0.2) is 35.4 Å². The maximum absolute atomic E-state index is 12.6. The third-order valence-electron chi connectivity index (χ3n) is 2.69. The van der Waals surface area contributed by atoms with E-state index in [9.17, 15) is 22.8 Å². The summed E-state index contributed by atoms with van der Waals surface area (Å²) in [5, 5.41) is 16.2. The van der Waals surface area contributed by atoms with Gasteiger partial charge >= 0.3 is 0 Å². The molecule has 0 aliphatic rings. The van der Waals surface area contributed by atoms with E-state index in [2.05, 4.69) is 0 Å². The summed E-state index contributed by atoms with van der Waals surface area (Å²) in [6.07, 6.45) is 0. The van der Waals surface area contributed by atoms with E-state index in [-0.39, 0.29) is 18.2 Å². The van der Waals surface area contributed by atoms with Crippen molar-refractivity contribution in [1.29, 1.82) is 0 Å². The molecule has 0 saturated heterocycles. The molecule has 0 aliphatic heterocycles. The Balaban J connectivity index is 0.000000271. The van der Waals surface area contributed by atoms with Crippen LogP contribution < -0.4 is 20.4 Å². The van der Waals surface area contributed by atoms with Crippen molar-refractivity contribution in [1.82, 2.24) is 11.0 Å². The average molecular weight is 388 g/mol. The Labute approximate surface area is 151 Å². The van der Waals surface area contributed by atoms with E-state index in [1.807, 2.05) is 0 Å². The number of hydroxylamine groups is 2. The zero-order valence-electron chi connectivity index (χ0n) is 13.6. The summed E-state index contributed by atoms with van der Waals surface area (Å²) in [6.45, 7) is -0.774. The Hall–Kier alpha value is -3.31. The van der Waals surface area contributed by atoms with Gasteiger partial charge < -0.3 is 9.47 Å². The molecular formula is C16H15F3N2O6. The SMILES string of the molecule is O=C(COc1ccc(F)c(F)c1)NO.O=C(COc1ccc(F)cc1)NO. The van der Waals surface area contributed by atoms with Crippen LogP contribution >= 0.6 is 0 Å². The Morgan fingerprint density at radius 2 is 1.26 bits per heavy atom. The highest BCUT2D eigenvalue weighted by Crippen LogP contribution is 2.15. The first-order valence-corrected chi connectivity index (χ1v) is 7.17. The van der Waals surface area contributed by atoms with Crippen molar-refractivity contribution >= 4 is 11.8 Å².